The zero-order chi connectivity index (χ0) is 12.8. The maximum absolute atomic E-state index is 11.3. The first kappa shape index (κ1) is 13.6. The van der Waals surface area contributed by atoms with E-state index in [9.17, 15) is 4.79 Å². The highest BCUT2D eigenvalue weighted by Gasteiger charge is 2.09. The highest BCUT2D eigenvalue weighted by Crippen LogP contribution is 2.20. The van der Waals surface area contributed by atoms with Crippen molar-refractivity contribution >= 4 is 5.97 Å². The van der Waals surface area contributed by atoms with Gasteiger partial charge in [0.15, 0.2) is 0 Å². The normalized spacial score (nSPS) is 10.4. The van der Waals surface area contributed by atoms with E-state index in [1.807, 2.05) is 32.0 Å². The van der Waals surface area contributed by atoms with E-state index in [1.54, 1.807) is 7.11 Å². The number of carbonyl (C=O) groups is 1. The van der Waals surface area contributed by atoms with Gasteiger partial charge in [0.05, 0.1) is 13.0 Å². The van der Waals surface area contributed by atoms with Crippen LogP contribution in [0.3, 0.4) is 0 Å². The van der Waals surface area contributed by atoms with Crippen molar-refractivity contribution in [3.63, 3.8) is 0 Å². The van der Waals surface area contributed by atoms with Gasteiger partial charge in [-0.05, 0) is 29.7 Å². The summed E-state index contributed by atoms with van der Waals surface area (Å²) in [5, 5.41) is 0. The Morgan fingerprint density at radius 1 is 1.35 bits per heavy atom. The van der Waals surface area contributed by atoms with Crippen LogP contribution in [-0.2, 0) is 22.6 Å². The van der Waals surface area contributed by atoms with Crippen LogP contribution in [0.1, 0.15) is 31.9 Å². The third kappa shape index (κ3) is 3.77. The van der Waals surface area contributed by atoms with Crippen molar-refractivity contribution in [1.82, 2.24) is 0 Å². The molecule has 0 aromatic heterocycles. The minimum atomic E-state index is -0.168. The van der Waals surface area contributed by atoms with Crippen molar-refractivity contribution in [3.05, 3.63) is 29.3 Å². The summed E-state index contributed by atoms with van der Waals surface area (Å²) in [6.45, 7) is 6.05. The van der Waals surface area contributed by atoms with Crippen molar-refractivity contribution in [2.24, 2.45) is 5.92 Å². The minimum absolute atomic E-state index is 0.0844. The van der Waals surface area contributed by atoms with Crippen LogP contribution in [0.15, 0.2) is 18.2 Å². The summed E-state index contributed by atoms with van der Waals surface area (Å²) in [4.78, 5) is 11.3. The molecule has 1 aromatic rings. The number of rotatable bonds is 5. The highest BCUT2D eigenvalue weighted by molar-refractivity contribution is 5.71. The summed E-state index contributed by atoms with van der Waals surface area (Å²) in [7, 11) is 1.66. The van der Waals surface area contributed by atoms with Gasteiger partial charge in [-0.3, -0.25) is 4.79 Å². The molecular formula is C14H20O3. The first-order valence-corrected chi connectivity index (χ1v) is 5.90. The first-order valence-electron chi connectivity index (χ1n) is 5.90. The van der Waals surface area contributed by atoms with Gasteiger partial charge in [0.2, 0.25) is 0 Å². The van der Waals surface area contributed by atoms with Crippen LogP contribution in [0, 0.1) is 5.92 Å². The maximum Gasteiger partial charge on any atom is 0.308 e. The molecule has 0 bridgehead atoms. The van der Waals surface area contributed by atoms with Gasteiger partial charge in [-0.2, -0.15) is 0 Å². The average molecular weight is 236 g/mol. The van der Waals surface area contributed by atoms with Crippen LogP contribution in [0.4, 0.5) is 0 Å². The molecule has 0 heterocycles. The van der Waals surface area contributed by atoms with E-state index in [2.05, 4.69) is 6.92 Å². The van der Waals surface area contributed by atoms with Crippen LogP contribution < -0.4 is 4.74 Å². The number of hydrogen-bond acceptors (Lipinski definition) is 3. The van der Waals surface area contributed by atoms with E-state index in [-0.39, 0.29) is 11.9 Å². The second kappa shape index (κ2) is 6.28. The lowest BCUT2D eigenvalue weighted by Gasteiger charge is -2.10. The predicted molar refractivity (Wildman–Crippen MR) is 67.0 cm³/mol. The molecule has 0 spiro atoms. The lowest BCUT2D eigenvalue weighted by molar-refractivity contribution is -0.148. The molecule has 0 aliphatic rings. The molecule has 1 rings (SSSR count). The van der Waals surface area contributed by atoms with E-state index < -0.39 is 0 Å². The van der Waals surface area contributed by atoms with Crippen LogP contribution in [0.2, 0.25) is 0 Å². The number of esters is 1. The third-order valence-electron chi connectivity index (χ3n) is 2.58. The van der Waals surface area contributed by atoms with Gasteiger partial charge >= 0.3 is 5.97 Å². The molecule has 0 aliphatic heterocycles. The molecule has 0 amide bonds. The summed E-state index contributed by atoms with van der Waals surface area (Å²) < 4.78 is 10.4. The Hall–Kier alpha value is -1.51. The fourth-order valence-corrected chi connectivity index (χ4v) is 1.52. The second-order valence-corrected chi connectivity index (χ2v) is 4.26. The minimum Gasteiger partial charge on any atom is -0.496 e. The number of methoxy groups -OCH3 is 1. The van der Waals surface area contributed by atoms with E-state index in [0.717, 1.165) is 23.3 Å². The van der Waals surface area contributed by atoms with Gasteiger partial charge in [-0.15, -0.1) is 0 Å². The average Bonchev–Trinajstić information content (AvgIpc) is 2.35. The van der Waals surface area contributed by atoms with Crippen molar-refractivity contribution in [3.8, 4) is 5.75 Å². The van der Waals surface area contributed by atoms with Crippen molar-refractivity contribution in [2.45, 2.75) is 33.8 Å². The van der Waals surface area contributed by atoms with Crippen molar-refractivity contribution < 1.29 is 14.3 Å². The zero-order valence-corrected chi connectivity index (χ0v) is 10.9. The van der Waals surface area contributed by atoms with Crippen molar-refractivity contribution in [2.75, 3.05) is 7.11 Å². The number of aryl methyl sites for hydroxylation is 1. The monoisotopic (exact) mass is 236 g/mol. The molecule has 3 nitrogen and oxygen atoms in total. The second-order valence-electron chi connectivity index (χ2n) is 4.26. The fraction of sp³-hybridized carbons (Fsp3) is 0.500. The molecule has 0 unspecified atom stereocenters. The van der Waals surface area contributed by atoms with Crippen LogP contribution >= 0.6 is 0 Å². The Balaban J connectivity index is 2.69. The lowest BCUT2D eigenvalue weighted by atomic mass is 10.1. The molecule has 0 aliphatic carbocycles. The van der Waals surface area contributed by atoms with Crippen LogP contribution in [-0.4, -0.2) is 13.1 Å². The summed E-state index contributed by atoms with van der Waals surface area (Å²) in [6, 6.07) is 5.86. The van der Waals surface area contributed by atoms with Gasteiger partial charge in [0.25, 0.3) is 0 Å². The zero-order valence-electron chi connectivity index (χ0n) is 10.9. The van der Waals surface area contributed by atoms with Gasteiger partial charge in [-0.1, -0.05) is 26.8 Å². The third-order valence-corrected chi connectivity index (χ3v) is 2.58. The molecule has 0 saturated heterocycles. The molecule has 1 aromatic carbocycles. The summed E-state index contributed by atoms with van der Waals surface area (Å²) in [5.41, 5.74) is 2.13. The fourth-order valence-electron chi connectivity index (χ4n) is 1.52. The quantitative estimate of drug-likeness (QED) is 0.737. The van der Waals surface area contributed by atoms with Crippen molar-refractivity contribution in [1.29, 1.82) is 0 Å². The van der Waals surface area contributed by atoms with Gasteiger partial charge in [-0.25, -0.2) is 0 Å². The predicted octanol–water partition coefficient (Wildman–Crippen LogP) is 2.96. The van der Waals surface area contributed by atoms with E-state index in [1.165, 1.54) is 0 Å². The lowest BCUT2D eigenvalue weighted by Crippen LogP contribution is -2.11. The molecular weight excluding hydrogens is 216 g/mol. The number of benzene rings is 1. The Morgan fingerprint density at radius 2 is 2.06 bits per heavy atom. The Labute approximate surface area is 103 Å². The summed E-state index contributed by atoms with van der Waals surface area (Å²) >= 11 is 0. The Morgan fingerprint density at radius 3 is 2.59 bits per heavy atom. The van der Waals surface area contributed by atoms with Gasteiger partial charge < -0.3 is 9.47 Å². The van der Waals surface area contributed by atoms with Crippen LogP contribution in [0.25, 0.3) is 0 Å². The molecule has 0 atom stereocenters. The number of carbonyl (C=O) groups excluding carboxylic acids is 1. The standard InChI is InChI=1S/C14H20O3/c1-5-12-8-11(6-7-13(12)16-4)9-17-14(15)10(2)3/h6-8,10H,5,9H2,1-4H3. The molecule has 3 heteroatoms. The topological polar surface area (TPSA) is 35.5 Å². The van der Waals surface area contributed by atoms with E-state index >= 15 is 0 Å². The largest absolute Gasteiger partial charge is 0.496 e. The molecule has 17 heavy (non-hydrogen) atoms. The number of ether oxygens (including phenoxy) is 2. The van der Waals surface area contributed by atoms with Gasteiger partial charge in [0.1, 0.15) is 12.4 Å². The molecule has 94 valence electrons. The van der Waals surface area contributed by atoms with Gasteiger partial charge in [0, 0.05) is 0 Å². The smallest absolute Gasteiger partial charge is 0.308 e. The Kier molecular flexibility index (Phi) is 5.01. The highest BCUT2D eigenvalue weighted by atomic mass is 16.5. The first-order chi connectivity index (χ1) is 8.08. The molecule has 0 N–H and O–H groups in total. The van der Waals surface area contributed by atoms with Crippen LogP contribution in [0.5, 0.6) is 5.75 Å². The number of hydrogen-bond donors (Lipinski definition) is 0. The summed E-state index contributed by atoms with van der Waals surface area (Å²) in [5.74, 6) is 0.629. The van der Waals surface area contributed by atoms with E-state index in [4.69, 9.17) is 9.47 Å². The molecule has 0 radical (unpaired) electrons. The SMILES string of the molecule is CCc1cc(COC(=O)C(C)C)ccc1OC. The van der Waals surface area contributed by atoms with E-state index in [0.29, 0.717) is 6.61 Å². The molecule has 0 fully saturated rings. The summed E-state index contributed by atoms with van der Waals surface area (Å²) in [6.07, 6.45) is 0.898. The Bertz CT molecular complexity index is 383. The molecule has 0 saturated carbocycles. The maximum atomic E-state index is 11.3.